The first-order valence-corrected chi connectivity index (χ1v) is 8.16. The molecule has 2 aromatic carbocycles. The van der Waals surface area contributed by atoms with Crippen molar-refractivity contribution >= 4 is 33.0 Å². The topological polar surface area (TPSA) is 58.2 Å². The molecule has 0 bridgehead atoms. The van der Waals surface area contributed by atoms with Crippen LogP contribution in [-0.4, -0.2) is 15.0 Å². The Morgan fingerprint density at radius 3 is 2.76 bits per heavy atom. The lowest BCUT2D eigenvalue weighted by Gasteiger charge is -2.10. The van der Waals surface area contributed by atoms with Gasteiger partial charge in [0.15, 0.2) is 0 Å². The molecule has 0 unspecified atom stereocenters. The zero-order chi connectivity index (χ0) is 15.0. The summed E-state index contributed by atoms with van der Waals surface area (Å²) < 4.78 is 40.1. The molecule has 0 aliphatic carbocycles. The molecular weight excluding hydrogens is 315 g/mol. The molecular formula is C14H12ClFN2O2S. The molecule has 7 heteroatoms. The van der Waals surface area contributed by atoms with E-state index in [1.807, 2.05) is 0 Å². The Morgan fingerprint density at radius 2 is 2.00 bits per heavy atom. The molecule has 0 saturated carbocycles. The summed E-state index contributed by atoms with van der Waals surface area (Å²) in [7, 11) is -3.75. The van der Waals surface area contributed by atoms with Gasteiger partial charge in [-0.05, 0) is 48.4 Å². The van der Waals surface area contributed by atoms with E-state index in [0.29, 0.717) is 0 Å². The second-order valence-electron chi connectivity index (χ2n) is 4.73. The van der Waals surface area contributed by atoms with Crippen LogP contribution in [-0.2, 0) is 16.4 Å². The van der Waals surface area contributed by atoms with E-state index < -0.39 is 15.8 Å². The number of benzene rings is 2. The lowest BCUT2D eigenvalue weighted by Crippen LogP contribution is -2.13. The van der Waals surface area contributed by atoms with Gasteiger partial charge in [-0.25, -0.2) is 12.8 Å². The molecule has 0 aromatic heterocycles. The molecule has 110 valence electrons. The van der Waals surface area contributed by atoms with Crippen molar-refractivity contribution in [1.29, 1.82) is 0 Å². The Kier molecular flexibility index (Phi) is 3.51. The third-order valence-corrected chi connectivity index (χ3v) is 4.95. The van der Waals surface area contributed by atoms with Crippen molar-refractivity contribution in [3.05, 3.63) is 52.8 Å². The Bertz CT molecular complexity index is 809. The van der Waals surface area contributed by atoms with E-state index in [-0.39, 0.29) is 15.6 Å². The van der Waals surface area contributed by atoms with E-state index in [9.17, 15) is 12.8 Å². The van der Waals surface area contributed by atoms with Crippen LogP contribution in [0.5, 0.6) is 0 Å². The summed E-state index contributed by atoms with van der Waals surface area (Å²) in [6.07, 6.45) is 0.788. The Balaban J connectivity index is 1.93. The van der Waals surface area contributed by atoms with Gasteiger partial charge in [0.25, 0.3) is 10.0 Å². The van der Waals surface area contributed by atoms with Gasteiger partial charge < -0.3 is 5.32 Å². The van der Waals surface area contributed by atoms with E-state index in [4.69, 9.17) is 11.6 Å². The molecule has 21 heavy (non-hydrogen) atoms. The quantitative estimate of drug-likeness (QED) is 0.910. The van der Waals surface area contributed by atoms with Crippen molar-refractivity contribution in [1.82, 2.24) is 0 Å². The minimum Gasteiger partial charge on any atom is -0.384 e. The van der Waals surface area contributed by atoms with Crippen molar-refractivity contribution in [3.63, 3.8) is 0 Å². The number of anilines is 2. The predicted octanol–water partition coefficient (Wildman–Crippen LogP) is 3.25. The molecule has 0 radical (unpaired) electrons. The molecule has 0 amide bonds. The van der Waals surface area contributed by atoms with Crippen molar-refractivity contribution < 1.29 is 12.8 Å². The van der Waals surface area contributed by atoms with Crippen LogP contribution in [0.4, 0.5) is 15.8 Å². The number of fused-ring (bicyclic) bond motifs is 1. The fourth-order valence-corrected chi connectivity index (χ4v) is 3.62. The molecule has 0 atom stereocenters. The first-order chi connectivity index (χ1) is 9.95. The van der Waals surface area contributed by atoms with Gasteiger partial charge in [0.2, 0.25) is 0 Å². The maximum absolute atomic E-state index is 13.0. The minimum absolute atomic E-state index is 0.0152. The summed E-state index contributed by atoms with van der Waals surface area (Å²) in [6.45, 7) is 0.802. The number of rotatable bonds is 3. The summed E-state index contributed by atoms with van der Waals surface area (Å²) >= 11 is 5.84. The number of hydrogen-bond donors (Lipinski definition) is 2. The molecule has 1 aliphatic rings. The highest BCUT2D eigenvalue weighted by atomic mass is 35.5. The minimum atomic E-state index is -3.75. The van der Waals surface area contributed by atoms with Crippen molar-refractivity contribution in [3.8, 4) is 0 Å². The molecule has 4 nitrogen and oxygen atoms in total. The van der Waals surface area contributed by atoms with Crippen LogP contribution in [0.2, 0.25) is 5.02 Å². The summed E-state index contributed by atoms with van der Waals surface area (Å²) in [5.74, 6) is -0.522. The Labute approximate surface area is 127 Å². The zero-order valence-corrected chi connectivity index (χ0v) is 12.4. The van der Waals surface area contributed by atoms with E-state index in [1.54, 1.807) is 12.1 Å². The first kappa shape index (κ1) is 14.2. The van der Waals surface area contributed by atoms with Crippen LogP contribution >= 0.6 is 11.6 Å². The number of halogens is 2. The van der Waals surface area contributed by atoms with Crippen molar-refractivity contribution in [2.75, 3.05) is 16.6 Å². The van der Waals surface area contributed by atoms with Crippen LogP contribution in [0.15, 0.2) is 41.3 Å². The van der Waals surface area contributed by atoms with E-state index >= 15 is 0 Å². The third kappa shape index (κ3) is 2.82. The molecule has 0 spiro atoms. The van der Waals surface area contributed by atoms with Gasteiger partial charge >= 0.3 is 0 Å². The van der Waals surface area contributed by atoms with Crippen LogP contribution < -0.4 is 10.0 Å². The highest BCUT2D eigenvalue weighted by molar-refractivity contribution is 7.92. The second-order valence-corrected chi connectivity index (χ2v) is 6.81. The maximum Gasteiger partial charge on any atom is 0.261 e. The van der Waals surface area contributed by atoms with Gasteiger partial charge in [-0.2, -0.15) is 0 Å². The van der Waals surface area contributed by atoms with Crippen LogP contribution in [0.3, 0.4) is 0 Å². The van der Waals surface area contributed by atoms with Crippen LogP contribution in [0, 0.1) is 5.82 Å². The van der Waals surface area contributed by atoms with Crippen molar-refractivity contribution in [2.45, 2.75) is 11.3 Å². The standard InChI is InChI=1S/C14H12ClFN2O2S/c15-12-8-10(16)1-3-14(12)18-21(19,20)11-2-4-13-9(7-11)5-6-17-13/h1-4,7-8,17-18H,5-6H2. The number of nitrogens with one attached hydrogen (secondary N) is 2. The predicted molar refractivity (Wildman–Crippen MR) is 80.9 cm³/mol. The highest BCUT2D eigenvalue weighted by Crippen LogP contribution is 2.28. The fourth-order valence-electron chi connectivity index (χ4n) is 2.22. The summed E-state index contributed by atoms with van der Waals surface area (Å²) in [5.41, 5.74) is 2.06. The second kappa shape index (κ2) is 5.20. The van der Waals surface area contributed by atoms with Gasteiger partial charge in [0, 0.05) is 12.2 Å². The Morgan fingerprint density at radius 1 is 1.19 bits per heavy atom. The van der Waals surface area contributed by atoms with Gasteiger partial charge in [0.1, 0.15) is 5.82 Å². The monoisotopic (exact) mass is 326 g/mol. The molecule has 2 N–H and O–H groups in total. The average molecular weight is 327 g/mol. The van der Waals surface area contributed by atoms with E-state index in [0.717, 1.165) is 36.3 Å². The summed E-state index contributed by atoms with van der Waals surface area (Å²) in [4.78, 5) is 0.158. The SMILES string of the molecule is O=S(=O)(Nc1ccc(F)cc1Cl)c1ccc2c(c1)CCN2. The van der Waals surface area contributed by atoms with Gasteiger partial charge in [-0.1, -0.05) is 11.6 Å². The zero-order valence-electron chi connectivity index (χ0n) is 10.9. The molecule has 2 aromatic rings. The molecule has 1 heterocycles. The number of sulfonamides is 1. The van der Waals surface area contributed by atoms with Gasteiger partial charge in [-0.15, -0.1) is 0 Å². The van der Waals surface area contributed by atoms with Crippen molar-refractivity contribution in [2.24, 2.45) is 0 Å². The third-order valence-electron chi connectivity index (χ3n) is 3.27. The molecule has 1 aliphatic heterocycles. The first-order valence-electron chi connectivity index (χ1n) is 6.30. The Hall–Kier alpha value is -1.79. The number of hydrogen-bond acceptors (Lipinski definition) is 3. The largest absolute Gasteiger partial charge is 0.384 e. The normalized spacial score (nSPS) is 13.6. The smallest absolute Gasteiger partial charge is 0.261 e. The van der Waals surface area contributed by atoms with Crippen LogP contribution in [0.1, 0.15) is 5.56 Å². The average Bonchev–Trinajstić information content (AvgIpc) is 2.89. The molecule has 0 fully saturated rings. The van der Waals surface area contributed by atoms with E-state index in [1.165, 1.54) is 12.1 Å². The highest BCUT2D eigenvalue weighted by Gasteiger charge is 2.19. The maximum atomic E-state index is 13.0. The van der Waals surface area contributed by atoms with E-state index in [2.05, 4.69) is 10.0 Å². The van der Waals surface area contributed by atoms with Gasteiger partial charge in [0.05, 0.1) is 15.6 Å². The lowest BCUT2D eigenvalue weighted by molar-refractivity contribution is 0.601. The fraction of sp³-hybridized carbons (Fsp3) is 0.143. The molecule has 0 saturated heterocycles. The van der Waals surface area contributed by atoms with Gasteiger partial charge in [-0.3, -0.25) is 4.72 Å². The summed E-state index contributed by atoms with van der Waals surface area (Å²) in [6, 6.07) is 8.40. The lowest BCUT2D eigenvalue weighted by atomic mass is 10.2. The summed E-state index contributed by atoms with van der Waals surface area (Å²) in [5, 5.41) is 3.18. The molecule has 3 rings (SSSR count). The van der Waals surface area contributed by atoms with Crippen LogP contribution in [0.25, 0.3) is 0 Å².